The molecule has 0 atom stereocenters. The second kappa shape index (κ2) is 8.32. The summed E-state index contributed by atoms with van der Waals surface area (Å²) >= 11 is 1.71. The van der Waals surface area contributed by atoms with Gasteiger partial charge in [-0.1, -0.05) is 12.1 Å². The van der Waals surface area contributed by atoms with E-state index in [1.807, 2.05) is 13.3 Å². The molecule has 0 radical (unpaired) electrons. The highest BCUT2D eigenvalue weighted by molar-refractivity contribution is 7.98. The Labute approximate surface area is 151 Å². The largest absolute Gasteiger partial charge is 0.380 e. The fourth-order valence-electron chi connectivity index (χ4n) is 2.73. The van der Waals surface area contributed by atoms with Crippen molar-refractivity contribution in [3.63, 3.8) is 0 Å². The summed E-state index contributed by atoms with van der Waals surface area (Å²) in [6.45, 7) is 4.03. The van der Waals surface area contributed by atoms with Crippen LogP contribution in [0.2, 0.25) is 0 Å². The van der Waals surface area contributed by atoms with Crippen LogP contribution in [0.1, 0.15) is 6.92 Å². The predicted molar refractivity (Wildman–Crippen MR) is 101 cm³/mol. The van der Waals surface area contributed by atoms with E-state index in [1.165, 1.54) is 17.0 Å². The third-order valence-electron chi connectivity index (χ3n) is 4.00. The fraction of sp³-hybridized carbons (Fsp3) is 0.250. The van der Waals surface area contributed by atoms with Crippen LogP contribution in [-0.2, 0) is 11.3 Å². The van der Waals surface area contributed by atoms with Crippen LogP contribution in [0.3, 0.4) is 0 Å². The molecule has 1 heterocycles. The van der Waals surface area contributed by atoms with Crippen LogP contribution in [0, 0.1) is 5.82 Å². The summed E-state index contributed by atoms with van der Waals surface area (Å²) in [6.07, 6.45) is 3.89. The van der Waals surface area contributed by atoms with Crippen molar-refractivity contribution in [2.75, 3.05) is 19.5 Å². The first kappa shape index (κ1) is 17.7. The normalized spacial score (nSPS) is 11.0. The summed E-state index contributed by atoms with van der Waals surface area (Å²) in [5.41, 5.74) is 3.87. The van der Waals surface area contributed by atoms with Gasteiger partial charge in [0, 0.05) is 29.2 Å². The van der Waals surface area contributed by atoms with Crippen molar-refractivity contribution < 1.29 is 9.13 Å². The van der Waals surface area contributed by atoms with Crippen molar-refractivity contribution in [1.29, 1.82) is 0 Å². The molecule has 1 aromatic heterocycles. The number of hydrogen-bond donors (Lipinski definition) is 0. The molecular weight excluding hydrogens is 335 g/mol. The number of thioether (sulfide) groups is 1. The van der Waals surface area contributed by atoms with Crippen molar-refractivity contribution in [3.05, 3.63) is 60.7 Å². The van der Waals surface area contributed by atoms with E-state index in [0.29, 0.717) is 13.2 Å². The van der Waals surface area contributed by atoms with Crippen molar-refractivity contribution in [1.82, 2.24) is 9.55 Å². The van der Waals surface area contributed by atoms with Crippen LogP contribution in [0.4, 0.5) is 4.39 Å². The van der Waals surface area contributed by atoms with Gasteiger partial charge in [-0.2, -0.15) is 0 Å². The van der Waals surface area contributed by atoms with Gasteiger partial charge in [0.05, 0.1) is 24.3 Å². The Morgan fingerprint density at radius 1 is 1.04 bits per heavy atom. The summed E-state index contributed by atoms with van der Waals surface area (Å²) in [6, 6.07) is 14.9. The Kier molecular flexibility index (Phi) is 5.89. The second-order valence-corrected chi connectivity index (χ2v) is 6.45. The van der Waals surface area contributed by atoms with Gasteiger partial charge in [-0.3, -0.25) is 0 Å². The zero-order chi connectivity index (χ0) is 17.6. The zero-order valence-corrected chi connectivity index (χ0v) is 15.2. The van der Waals surface area contributed by atoms with Gasteiger partial charge >= 0.3 is 0 Å². The SMILES string of the molecule is CCOCCn1cnc(-c2ccc(F)cc2)c1-c1ccc(SC)cc1. The third-order valence-corrected chi connectivity index (χ3v) is 4.74. The maximum absolute atomic E-state index is 13.3. The molecule has 130 valence electrons. The van der Waals surface area contributed by atoms with Crippen molar-refractivity contribution in [2.24, 2.45) is 0 Å². The van der Waals surface area contributed by atoms with Crippen molar-refractivity contribution in [2.45, 2.75) is 18.4 Å². The number of benzene rings is 2. The average molecular weight is 356 g/mol. The topological polar surface area (TPSA) is 27.1 Å². The molecule has 25 heavy (non-hydrogen) atoms. The standard InChI is InChI=1S/C20H21FN2OS/c1-3-24-13-12-23-14-22-19(15-4-8-17(21)9-5-15)20(23)16-6-10-18(25-2)11-7-16/h4-11,14H,3,12-13H2,1-2H3. The number of imidazole rings is 1. The molecule has 0 aliphatic rings. The van der Waals surface area contributed by atoms with E-state index in [-0.39, 0.29) is 5.82 Å². The summed E-state index contributed by atoms with van der Waals surface area (Å²) in [5.74, 6) is -0.245. The van der Waals surface area contributed by atoms with Gasteiger partial charge in [0.15, 0.2) is 0 Å². The molecule has 3 rings (SSSR count). The molecule has 0 fully saturated rings. The Morgan fingerprint density at radius 2 is 1.72 bits per heavy atom. The number of nitrogens with zero attached hydrogens (tertiary/aromatic N) is 2. The monoisotopic (exact) mass is 356 g/mol. The van der Waals surface area contributed by atoms with Crippen LogP contribution in [0.15, 0.2) is 59.8 Å². The van der Waals surface area contributed by atoms with E-state index in [4.69, 9.17) is 4.74 Å². The molecule has 0 bridgehead atoms. The first-order valence-corrected chi connectivity index (χ1v) is 9.48. The molecule has 2 aromatic carbocycles. The lowest BCUT2D eigenvalue weighted by atomic mass is 10.0. The zero-order valence-electron chi connectivity index (χ0n) is 14.4. The lowest BCUT2D eigenvalue weighted by Gasteiger charge is -2.11. The minimum absolute atomic E-state index is 0.245. The lowest BCUT2D eigenvalue weighted by molar-refractivity contribution is 0.139. The molecule has 0 aliphatic carbocycles. The molecule has 3 nitrogen and oxygen atoms in total. The Bertz CT molecular complexity index is 813. The number of ether oxygens (including phenoxy) is 1. The quantitative estimate of drug-likeness (QED) is 0.434. The summed E-state index contributed by atoms with van der Waals surface area (Å²) in [4.78, 5) is 5.81. The summed E-state index contributed by atoms with van der Waals surface area (Å²) < 4.78 is 20.9. The number of halogens is 1. The highest BCUT2D eigenvalue weighted by Crippen LogP contribution is 2.32. The van der Waals surface area contributed by atoms with Crippen LogP contribution >= 0.6 is 11.8 Å². The van der Waals surface area contributed by atoms with Gasteiger partial charge < -0.3 is 9.30 Å². The van der Waals surface area contributed by atoms with E-state index in [1.54, 1.807) is 23.9 Å². The second-order valence-electron chi connectivity index (χ2n) is 5.57. The first-order valence-electron chi connectivity index (χ1n) is 8.26. The predicted octanol–water partition coefficient (Wildman–Crippen LogP) is 5.11. The van der Waals surface area contributed by atoms with Crippen LogP contribution in [0.5, 0.6) is 0 Å². The van der Waals surface area contributed by atoms with Crippen molar-refractivity contribution in [3.8, 4) is 22.5 Å². The molecule has 5 heteroatoms. The minimum Gasteiger partial charge on any atom is -0.380 e. The average Bonchev–Trinajstić information content (AvgIpc) is 3.06. The molecule has 3 aromatic rings. The van der Waals surface area contributed by atoms with E-state index in [0.717, 1.165) is 29.1 Å². The first-order chi connectivity index (χ1) is 12.2. The van der Waals surface area contributed by atoms with E-state index >= 15 is 0 Å². The summed E-state index contributed by atoms with van der Waals surface area (Å²) in [7, 11) is 0. The molecule has 0 saturated carbocycles. The van der Waals surface area contributed by atoms with E-state index in [9.17, 15) is 4.39 Å². The Morgan fingerprint density at radius 3 is 2.36 bits per heavy atom. The highest BCUT2D eigenvalue weighted by Gasteiger charge is 2.15. The molecule has 0 aliphatic heterocycles. The molecule has 0 unspecified atom stereocenters. The van der Waals surface area contributed by atoms with Gasteiger partial charge in [-0.15, -0.1) is 11.8 Å². The maximum Gasteiger partial charge on any atom is 0.123 e. The maximum atomic E-state index is 13.3. The number of hydrogen-bond acceptors (Lipinski definition) is 3. The fourth-order valence-corrected chi connectivity index (χ4v) is 3.14. The molecular formula is C20H21FN2OS. The van der Waals surface area contributed by atoms with Gasteiger partial charge in [0.1, 0.15) is 5.82 Å². The van der Waals surface area contributed by atoms with Crippen LogP contribution < -0.4 is 0 Å². The van der Waals surface area contributed by atoms with Crippen molar-refractivity contribution >= 4 is 11.8 Å². The van der Waals surface area contributed by atoms with E-state index in [2.05, 4.69) is 40.1 Å². The van der Waals surface area contributed by atoms with Crippen LogP contribution in [-0.4, -0.2) is 29.0 Å². The van der Waals surface area contributed by atoms with Gasteiger partial charge in [0.25, 0.3) is 0 Å². The van der Waals surface area contributed by atoms with Gasteiger partial charge in [-0.25, -0.2) is 9.37 Å². The Hall–Kier alpha value is -2.11. The minimum atomic E-state index is -0.245. The number of aromatic nitrogens is 2. The third kappa shape index (κ3) is 4.11. The summed E-state index contributed by atoms with van der Waals surface area (Å²) in [5, 5.41) is 0. The highest BCUT2D eigenvalue weighted by atomic mass is 32.2. The van der Waals surface area contributed by atoms with Crippen LogP contribution in [0.25, 0.3) is 22.5 Å². The molecule has 0 amide bonds. The van der Waals surface area contributed by atoms with Gasteiger partial charge in [0.2, 0.25) is 0 Å². The number of rotatable bonds is 7. The molecule has 0 N–H and O–H groups in total. The Balaban J connectivity index is 2.03. The van der Waals surface area contributed by atoms with Gasteiger partial charge in [-0.05, 0) is 49.6 Å². The smallest absolute Gasteiger partial charge is 0.123 e. The molecule has 0 saturated heterocycles. The lowest BCUT2D eigenvalue weighted by Crippen LogP contribution is -2.06. The molecule has 0 spiro atoms. The van der Waals surface area contributed by atoms with E-state index < -0.39 is 0 Å².